The van der Waals surface area contributed by atoms with Gasteiger partial charge in [-0.3, -0.25) is 9.59 Å². The Hall–Kier alpha value is -1.97. The fraction of sp³-hybridized carbons (Fsp3) is 0.333. The van der Waals surface area contributed by atoms with Gasteiger partial charge in [-0.1, -0.05) is 12.1 Å². The lowest BCUT2D eigenvalue weighted by Crippen LogP contribution is -2.39. The standard InChI is InChI=1S/C12H16N2O6S/c1-20-11(16)6-8-2-4-9(5-3-8)21(18,19)14-7-10(15)12(13)17/h2-5,10,14-15H,6-7H2,1H3,(H2,13,17). The van der Waals surface area contributed by atoms with Crippen LogP contribution < -0.4 is 10.5 Å². The largest absolute Gasteiger partial charge is 0.469 e. The summed E-state index contributed by atoms with van der Waals surface area (Å²) >= 11 is 0. The number of nitrogens with two attached hydrogens (primary N) is 1. The van der Waals surface area contributed by atoms with Crippen molar-refractivity contribution in [3.63, 3.8) is 0 Å². The van der Waals surface area contributed by atoms with E-state index in [1.807, 2.05) is 0 Å². The highest BCUT2D eigenvalue weighted by molar-refractivity contribution is 7.89. The molecule has 0 saturated heterocycles. The van der Waals surface area contributed by atoms with E-state index in [4.69, 9.17) is 10.8 Å². The molecule has 0 bridgehead atoms. The third-order valence-electron chi connectivity index (χ3n) is 2.60. The van der Waals surface area contributed by atoms with E-state index < -0.39 is 34.5 Å². The third-order valence-corrected chi connectivity index (χ3v) is 4.04. The maximum Gasteiger partial charge on any atom is 0.309 e. The summed E-state index contributed by atoms with van der Waals surface area (Å²) in [5, 5.41) is 9.15. The molecular weight excluding hydrogens is 300 g/mol. The zero-order chi connectivity index (χ0) is 16.0. The van der Waals surface area contributed by atoms with Gasteiger partial charge in [-0.15, -0.1) is 0 Å². The molecule has 1 aromatic carbocycles. The molecule has 9 heteroatoms. The second-order valence-corrected chi connectivity index (χ2v) is 5.93. The summed E-state index contributed by atoms with van der Waals surface area (Å²) in [4.78, 5) is 21.6. The summed E-state index contributed by atoms with van der Waals surface area (Å²) in [6.45, 7) is -0.512. The third kappa shape index (κ3) is 5.14. The van der Waals surface area contributed by atoms with Crippen molar-refractivity contribution in [1.82, 2.24) is 4.72 Å². The van der Waals surface area contributed by atoms with Gasteiger partial charge in [-0.05, 0) is 17.7 Å². The molecule has 1 aromatic rings. The maximum atomic E-state index is 11.9. The van der Waals surface area contributed by atoms with Crippen molar-refractivity contribution in [2.45, 2.75) is 17.4 Å². The van der Waals surface area contributed by atoms with Crippen LogP contribution in [0.3, 0.4) is 0 Å². The summed E-state index contributed by atoms with van der Waals surface area (Å²) in [5.41, 5.74) is 5.41. The number of hydrogen-bond donors (Lipinski definition) is 3. The van der Waals surface area contributed by atoms with Crippen molar-refractivity contribution < 1.29 is 27.9 Å². The lowest BCUT2D eigenvalue weighted by molar-refractivity contribution is -0.139. The minimum Gasteiger partial charge on any atom is -0.469 e. The molecule has 0 spiro atoms. The average molecular weight is 316 g/mol. The molecule has 0 aliphatic rings. The Balaban J connectivity index is 2.75. The first-order valence-electron chi connectivity index (χ1n) is 5.89. The zero-order valence-electron chi connectivity index (χ0n) is 11.3. The number of sulfonamides is 1. The maximum absolute atomic E-state index is 11.9. The van der Waals surface area contributed by atoms with E-state index in [1.54, 1.807) is 0 Å². The number of hydrogen-bond acceptors (Lipinski definition) is 6. The number of ether oxygens (including phenoxy) is 1. The number of esters is 1. The number of carbonyl (C=O) groups excluding carboxylic acids is 2. The molecule has 1 rings (SSSR count). The molecule has 21 heavy (non-hydrogen) atoms. The highest BCUT2D eigenvalue weighted by atomic mass is 32.2. The number of aliphatic hydroxyl groups excluding tert-OH is 1. The van der Waals surface area contributed by atoms with Gasteiger partial charge in [0.05, 0.1) is 18.4 Å². The Morgan fingerprint density at radius 1 is 1.33 bits per heavy atom. The number of benzene rings is 1. The normalized spacial score (nSPS) is 12.7. The van der Waals surface area contributed by atoms with E-state index in [2.05, 4.69) is 9.46 Å². The minimum atomic E-state index is -3.87. The van der Waals surface area contributed by atoms with Crippen LogP contribution in [0.15, 0.2) is 29.2 Å². The molecule has 0 fully saturated rings. The number of methoxy groups -OCH3 is 1. The Morgan fingerprint density at radius 2 is 1.90 bits per heavy atom. The first kappa shape index (κ1) is 17.1. The quantitative estimate of drug-likeness (QED) is 0.525. The average Bonchev–Trinajstić information content (AvgIpc) is 2.45. The van der Waals surface area contributed by atoms with Gasteiger partial charge in [-0.25, -0.2) is 13.1 Å². The van der Waals surface area contributed by atoms with Crippen molar-refractivity contribution in [2.24, 2.45) is 5.73 Å². The molecule has 1 amide bonds. The highest BCUT2D eigenvalue weighted by Crippen LogP contribution is 2.11. The molecule has 1 unspecified atom stereocenters. The Morgan fingerprint density at radius 3 is 2.38 bits per heavy atom. The summed E-state index contributed by atoms with van der Waals surface area (Å²) in [6.07, 6.45) is -1.57. The van der Waals surface area contributed by atoms with Crippen LogP contribution in [0.1, 0.15) is 5.56 Å². The molecule has 0 aliphatic heterocycles. The SMILES string of the molecule is COC(=O)Cc1ccc(S(=O)(=O)NCC(O)C(N)=O)cc1. The van der Waals surface area contributed by atoms with Crippen LogP contribution >= 0.6 is 0 Å². The van der Waals surface area contributed by atoms with E-state index in [-0.39, 0.29) is 11.3 Å². The van der Waals surface area contributed by atoms with Gasteiger partial charge in [-0.2, -0.15) is 0 Å². The Labute approximate surface area is 122 Å². The topological polar surface area (TPSA) is 136 Å². The number of amides is 1. The molecule has 116 valence electrons. The molecule has 1 atom stereocenters. The van der Waals surface area contributed by atoms with Gasteiger partial charge in [0, 0.05) is 6.54 Å². The van der Waals surface area contributed by atoms with Crippen LogP contribution in [-0.4, -0.2) is 45.2 Å². The molecule has 0 heterocycles. The van der Waals surface area contributed by atoms with Gasteiger partial charge in [0.25, 0.3) is 0 Å². The molecule has 4 N–H and O–H groups in total. The molecule has 8 nitrogen and oxygen atoms in total. The molecule has 0 aromatic heterocycles. The smallest absolute Gasteiger partial charge is 0.309 e. The summed E-state index contributed by atoms with van der Waals surface area (Å²) in [5.74, 6) is -1.46. The highest BCUT2D eigenvalue weighted by Gasteiger charge is 2.18. The fourth-order valence-corrected chi connectivity index (χ4v) is 2.44. The summed E-state index contributed by atoms with van der Waals surface area (Å²) in [6, 6.07) is 5.54. The fourth-order valence-electron chi connectivity index (χ4n) is 1.40. The van der Waals surface area contributed by atoms with Crippen molar-refractivity contribution in [3.05, 3.63) is 29.8 Å². The summed E-state index contributed by atoms with van der Waals surface area (Å²) in [7, 11) is -2.61. The molecule has 0 aliphatic carbocycles. The van der Waals surface area contributed by atoms with Crippen molar-refractivity contribution in [2.75, 3.05) is 13.7 Å². The Bertz CT molecular complexity index is 611. The number of rotatable bonds is 7. The van der Waals surface area contributed by atoms with Crippen LogP contribution in [-0.2, 0) is 30.8 Å². The molecule has 0 radical (unpaired) electrons. The first-order chi connectivity index (χ1) is 9.76. The van der Waals surface area contributed by atoms with Crippen molar-refractivity contribution in [3.8, 4) is 0 Å². The lowest BCUT2D eigenvalue weighted by atomic mass is 10.2. The van der Waals surface area contributed by atoms with E-state index in [0.29, 0.717) is 5.56 Å². The second-order valence-electron chi connectivity index (χ2n) is 4.17. The second kappa shape index (κ2) is 7.16. The molecule has 0 saturated carbocycles. The predicted octanol–water partition coefficient (Wildman–Crippen LogP) is -1.47. The van der Waals surface area contributed by atoms with Gasteiger partial charge in [0.15, 0.2) is 0 Å². The zero-order valence-corrected chi connectivity index (χ0v) is 12.1. The van der Waals surface area contributed by atoms with E-state index in [9.17, 15) is 18.0 Å². The number of nitrogens with one attached hydrogen (secondary N) is 1. The minimum absolute atomic E-state index is 0.0324. The van der Waals surface area contributed by atoms with Crippen molar-refractivity contribution in [1.29, 1.82) is 0 Å². The van der Waals surface area contributed by atoms with E-state index in [1.165, 1.54) is 31.4 Å². The van der Waals surface area contributed by atoms with Crippen LogP contribution in [0.4, 0.5) is 0 Å². The number of carbonyl (C=O) groups is 2. The van der Waals surface area contributed by atoms with Crippen LogP contribution in [0.25, 0.3) is 0 Å². The lowest BCUT2D eigenvalue weighted by Gasteiger charge is -2.09. The van der Waals surface area contributed by atoms with E-state index in [0.717, 1.165) is 0 Å². The monoisotopic (exact) mass is 316 g/mol. The Kier molecular flexibility index (Phi) is 5.82. The summed E-state index contributed by atoms with van der Waals surface area (Å²) < 4.78 is 30.3. The van der Waals surface area contributed by atoms with Crippen LogP contribution in [0, 0.1) is 0 Å². The van der Waals surface area contributed by atoms with Crippen LogP contribution in [0.2, 0.25) is 0 Å². The number of primary amides is 1. The first-order valence-corrected chi connectivity index (χ1v) is 7.37. The van der Waals surface area contributed by atoms with Gasteiger partial charge < -0.3 is 15.6 Å². The molecular formula is C12H16N2O6S. The van der Waals surface area contributed by atoms with Gasteiger partial charge in [0.1, 0.15) is 6.10 Å². The van der Waals surface area contributed by atoms with Crippen molar-refractivity contribution >= 4 is 21.9 Å². The van der Waals surface area contributed by atoms with Gasteiger partial charge >= 0.3 is 5.97 Å². The van der Waals surface area contributed by atoms with Crippen LogP contribution in [0.5, 0.6) is 0 Å². The van der Waals surface area contributed by atoms with E-state index >= 15 is 0 Å². The number of aliphatic hydroxyl groups is 1. The van der Waals surface area contributed by atoms with Gasteiger partial charge in [0.2, 0.25) is 15.9 Å². The predicted molar refractivity (Wildman–Crippen MR) is 72.6 cm³/mol.